The van der Waals surface area contributed by atoms with Crippen LogP contribution in [0.15, 0.2) is 0 Å². The second-order valence-electron chi connectivity index (χ2n) is 3.42. The molecule has 0 aromatic carbocycles. The SMILES string of the molecule is CN(CCC(N)=S)CC1CC1. The first-order valence-corrected chi connectivity index (χ1v) is 4.56. The van der Waals surface area contributed by atoms with E-state index in [-0.39, 0.29) is 0 Å². The summed E-state index contributed by atoms with van der Waals surface area (Å²) < 4.78 is 0. The van der Waals surface area contributed by atoms with Crippen LogP contribution in [-0.4, -0.2) is 30.0 Å². The molecule has 1 aliphatic rings. The van der Waals surface area contributed by atoms with Gasteiger partial charge in [0.15, 0.2) is 0 Å². The van der Waals surface area contributed by atoms with Crippen molar-refractivity contribution < 1.29 is 0 Å². The van der Waals surface area contributed by atoms with Gasteiger partial charge in [0.05, 0.1) is 4.99 Å². The van der Waals surface area contributed by atoms with E-state index in [9.17, 15) is 0 Å². The molecular weight excluding hydrogens is 156 g/mol. The minimum atomic E-state index is 0.632. The Balaban J connectivity index is 1.99. The third-order valence-corrected chi connectivity index (χ3v) is 2.21. The first kappa shape index (κ1) is 8.94. The number of rotatable bonds is 5. The summed E-state index contributed by atoms with van der Waals surface area (Å²) in [5, 5.41) is 0. The lowest BCUT2D eigenvalue weighted by atomic mass is 10.3. The highest BCUT2D eigenvalue weighted by Crippen LogP contribution is 2.29. The fourth-order valence-electron chi connectivity index (χ4n) is 1.13. The van der Waals surface area contributed by atoms with Crippen LogP contribution in [0, 0.1) is 5.92 Å². The molecule has 0 saturated heterocycles. The molecule has 0 spiro atoms. The normalized spacial score (nSPS) is 17.3. The van der Waals surface area contributed by atoms with Gasteiger partial charge in [0, 0.05) is 19.5 Å². The minimum Gasteiger partial charge on any atom is -0.393 e. The molecule has 0 unspecified atom stereocenters. The Kier molecular flexibility index (Phi) is 3.27. The van der Waals surface area contributed by atoms with Crippen molar-refractivity contribution >= 4 is 17.2 Å². The highest BCUT2D eigenvalue weighted by molar-refractivity contribution is 7.80. The van der Waals surface area contributed by atoms with Crippen molar-refractivity contribution in [1.82, 2.24) is 4.90 Å². The lowest BCUT2D eigenvalue weighted by molar-refractivity contribution is 0.330. The average molecular weight is 172 g/mol. The zero-order valence-corrected chi connectivity index (χ0v) is 7.86. The molecule has 2 N–H and O–H groups in total. The molecule has 0 atom stereocenters. The summed E-state index contributed by atoms with van der Waals surface area (Å²) >= 11 is 4.79. The van der Waals surface area contributed by atoms with Gasteiger partial charge in [0.25, 0.3) is 0 Å². The zero-order valence-electron chi connectivity index (χ0n) is 7.05. The third-order valence-electron chi connectivity index (χ3n) is 2.01. The molecule has 1 rings (SSSR count). The van der Waals surface area contributed by atoms with Crippen molar-refractivity contribution in [2.45, 2.75) is 19.3 Å². The van der Waals surface area contributed by atoms with E-state index in [1.54, 1.807) is 0 Å². The summed E-state index contributed by atoms with van der Waals surface area (Å²) in [5.41, 5.74) is 5.39. The van der Waals surface area contributed by atoms with Crippen LogP contribution in [-0.2, 0) is 0 Å². The molecule has 0 radical (unpaired) electrons. The molecule has 64 valence electrons. The summed E-state index contributed by atoms with van der Waals surface area (Å²) in [7, 11) is 2.14. The molecule has 0 bridgehead atoms. The van der Waals surface area contributed by atoms with Gasteiger partial charge >= 0.3 is 0 Å². The Labute approximate surface area is 73.7 Å². The monoisotopic (exact) mass is 172 g/mol. The molecule has 0 aromatic heterocycles. The van der Waals surface area contributed by atoms with Gasteiger partial charge in [-0.05, 0) is 25.8 Å². The molecule has 11 heavy (non-hydrogen) atoms. The van der Waals surface area contributed by atoms with Crippen LogP contribution >= 0.6 is 12.2 Å². The fourth-order valence-corrected chi connectivity index (χ4v) is 1.22. The van der Waals surface area contributed by atoms with Crippen LogP contribution in [0.3, 0.4) is 0 Å². The lowest BCUT2D eigenvalue weighted by Crippen LogP contribution is -2.25. The topological polar surface area (TPSA) is 29.3 Å². The molecule has 0 amide bonds. The van der Waals surface area contributed by atoms with E-state index >= 15 is 0 Å². The summed E-state index contributed by atoms with van der Waals surface area (Å²) in [6, 6.07) is 0. The molecular formula is C8H16N2S. The van der Waals surface area contributed by atoms with Gasteiger partial charge in [-0.3, -0.25) is 0 Å². The fraction of sp³-hybridized carbons (Fsp3) is 0.875. The van der Waals surface area contributed by atoms with E-state index in [2.05, 4.69) is 11.9 Å². The Morgan fingerprint density at radius 1 is 1.64 bits per heavy atom. The smallest absolute Gasteiger partial charge is 0.0740 e. The second-order valence-corrected chi connectivity index (χ2v) is 3.95. The van der Waals surface area contributed by atoms with E-state index in [4.69, 9.17) is 18.0 Å². The summed E-state index contributed by atoms with van der Waals surface area (Å²) in [6.07, 6.45) is 3.69. The van der Waals surface area contributed by atoms with Crippen molar-refractivity contribution in [3.05, 3.63) is 0 Å². The molecule has 3 heteroatoms. The van der Waals surface area contributed by atoms with Crippen LogP contribution in [0.2, 0.25) is 0 Å². The zero-order chi connectivity index (χ0) is 8.27. The van der Waals surface area contributed by atoms with E-state index in [1.165, 1.54) is 19.4 Å². The van der Waals surface area contributed by atoms with Crippen LogP contribution in [0.5, 0.6) is 0 Å². The summed E-state index contributed by atoms with van der Waals surface area (Å²) in [4.78, 5) is 2.95. The number of nitrogens with two attached hydrogens (primary N) is 1. The first-order chi connectivity index (χ1) is 5.18. The minimum absolute atomic E-state index is 0.632. The average Bonchev–Trinajstić information content (AvgIpc) is 2.67. The Bertz CT molecular complexity index is 143. The number of hydrogen-bond acceptors (Lipinski definition) is 2. The predicted octanol–water partition coefficient (Wildman–Crippen LogP) is 1.00. The van der Waals surface area contributed by atoms with Crippen molar-refractivity contribution in [1.29, 1.82) is 0 Å². The largest absolute Gasteiger partial charge is 0.393 e. The van der Waals surface area contributed by atoms with E-state index in [1.807, 2.05) is 0 Å². The number of nitrogens with zero attached hydrogens (tertiary/aromatic N) is 1. The Hall–Kier alpha value is -0.150. The van der Waals surface area contributed by atoms with E-state index in [0.29, 0.717) is 4.99 Å². The second kappa shape index (κ2) is 4.02. The summed E-state index contributed by atoms with van der Waals surface area (Å²) in [5.74, 6) is 0.964. The van der Waals surface area contributed by atoms with E-state index < -0.39 is 0 Å². The standard InChI is InChI=1S/C8H16N2S/c1-10(5-4-8(9)11)6-7-2-3-7/h7H,2-6H2,1H3,(H2,9,11). The van der Waals surface area contributed by atoms with E-state index in [0.717, 1.165) is 18.9 Å². The lowest BCUT2D eigenvalue weighted by Gasteiger charge is -2.14. The van der Waals surface area contributed by atoms with Gasteiger partial charge in [-0.25, -0.2) is 0 Å². The van der Waals surface area contributed by atoms with Gasteiger partial charge in [-0.1, -0.05) is 12.2 Å². The highest BCUT2D eigenvalue weighted by Gasteiger charge is 2.22. The van der Waals surface area contributed by atoms with Crippen molar-refractivity contribution in [2.75, 3.05) is 20.1 Å². The molecule has 1 fully saturated rings. The van der Waals surface area contributed by atoms with Crippen molar-refractivity contribution in [3.8, 4) is 0 Å². The quantitative estimate of drug-likeness (QED) is 0.627. The highest BCUT2D eigenvalue weighted by atomic mass is 32.1. The van der Waals surface area contributed by atoms with Gasteiger partial charge in [0.1, 0.15) is 0 Å². The Morgan fingerprint density at radius 2 is 2.27 bits per heavy atom. The van der Waals surface area contributed by atoms with Gasteiger partial charge in [0.2, 0.25) is 0 Å². The molecule has 2 nitrogen and oxygen atoms in total. The van der Waals surface area contributed by atoms with Crippen LogP contribution in [0.4, 0.5) is 0 Å². The van der Waals surface area contributed by atoms with Gasteiger partial charge in [-0.15, -0.1) is 0 Å². The maximum Gasteiger partial charge on any atom is 0.0740 e. The molecule has 1 saturated carbocycles. The predicted molar refractivity (Wildman–Crippen MR) is 51.6 cm³/mol. The van der Waals surface area contributed by atoms with Gasteiger partial charge in [-0.2, -0.15) is 0 Å². The van der Waals surface area contributed by atoms with Crippen molar-refractivity contribution in [3.63, 3.8) is 0 Å². The Morgan fingerprint density at radius 3 is 2.73 bits per heavy atom. The number of hydrogen-bond donors (Lipinski definition) is 1. The summed E-state index contributed by atoms with van der Waals surface area (Å²) in [6.45, 7) is 2.24. The van der Waals surface area contributed by atoms with Crippen LogP contribution < -0.4 is 5.73 Å². The van der Waals surface area contributed by atoms with Crippen LogP contribution in [0.1, 0.15) is 19.3 Å². The maximum absolute atomic E-state index is 5.39. The third kappa shape index (κ3) is 4.32. The molecule has 0 heterocycles. The first-order valence-electron chi connectivity index (χ1n) is 4.15. The van der Waals surface area contributed by atoms with Crippen LogP contribution in [0.25, 0.3) is 0 Å². The molecule has 1 aliphatic carbocycles. The van der Waals surface area contributed by atoms with Gasteiger partial charge < -0.3 is 10.6 Å². The number of thiocarbonyl (C=S) groups is 1. The maximum atomic E-state index is 5.39. The molecule has 0 aromatic rings. The van der Waals surface area contributed by atoms with Crippen molar-refractivity contribution in [2.24, 2.45) is 11.7 Å². The molecule has 0 aliphatic heterocycles.